The Kier molecular flexibility index (Phi) is 4.91. The summed E-state index contributed by atoms with van der Waals surface area (Å²) in [6, 6.07) is 0. The third-order valence-corrected chi connectivity index (χ3v) is 1.38. The van der Waals surface area contributed by atoms with E-state index >= 15 is 0 Å². The Morgan fingerprint density at radius 1 is 1.30 bits per heavy atom. The summed E-state index contributed by atoms with van der Waals surface area (Å²) in [6.07, 6.45) is 4.26. The minimum atomic E-state index is 1.05. The molecule has 0 rings (SSSR count). The first-order valence-electron chi connectivity index (χ1n) is 3.91. The van der Waals surface area contributed by atoms with E-state index in [-0.39, 0.29) is 0 Å². The summed E-state index contributed by atoms with van der Waals surface area (Å²) in [5.74, 6) is 0. The van der Waals surface area contributed by atoms with Gasteiger partial charge in [0.25, 0.3) is 0 Å². The molecule has 0 aliphatic rings. The van der Waals surface area contributed by atoms with Crippen LogP contribution in [0.4, 0.5) is 0 Å². The highest BCUT2D eigenvalue weighted by molar-refractivity contribution is 5.82. The normalized spacial score (nSPS) is 14.0. The summed E-state index contributed by atoms with van der Waals surface area (Å²) >= 11 is 0. The molecule has 0 aromatic rings. The Bertz CT molecular complexity index is 143. The molecular formula is C9H17N. The van der Waals surface area contributed by atoms with E-state index in [0.29, 0.717) is 0 Å². The van der Waals surface area contributed by atoms with E-state index in [4.69, 9.17) is 0 Å². The molecule has 0 fully saturated rings. The van der Waals surface area contributed by atoms with E-state index in [2.05, 4.69) is 31.8 Å². The molecule has 0 aliphatic carbocycles. The van der Waals surface area contributed by atoms with E-state index in [9.17, 15) is 0 Å². The molecule has 0 amide bonds. The average molecular weight is 139 g/mol. The number of allylic oxidation sites excluding steroid dienone is 2. The Balaban J connectivity index is 3.98. The van der Waals surface area contributed by atoms with E-state index in [1.165, 1.54) is 5.71 Å². The standard InChI is InChI=1S/C9H17N/c1-5-7-9(4)10-8(3)6-2/h7H,5-6H2,1-4H3/b9-7+,10-8?. The second-order valence-electron chi connectivity index (χ2n) is 2.45. The first-order valence-corrected chi connectivity index (χ1v) is 3.91. The molecule has 0 spiro atoms. The molecule has 0 bridgehead atoms. The zero-order valence-corrected chi connectivity index (χ0v) is 7.44. The van der Waals surface area contributed by atoms with E-state index < -0.39 is 0 Å². The Hall–Kier alpha value is -0.590. The van der Waals surface area contributed by atoms with Gasteiger partial charge in [0.15, 0.2) is 0 Å². The second-order valence-corrected chi connectivity index (χ2v) is 2.45. The maximum Gasteiger partial charge on any atom is 0.0332 e. The molecule has 0 aliphatic heterocycles. The van der Waals surface area contributed by atoms with Crippen LogP contribution in [0.5, 0.6) is 0 Å². The van der Waals surface area contributed by atoms with Crippen LogP contribution >= 0.6 is 0 Å². The lowest BCUT2D eigenvalue weighted by Crippen LogP contribution is -1.86. The number of rotatable bonds is 3. The SMILES string of the molecule is CC/C=C(\C)N=C(C)CC. The fourth-order valence-electron chi connectivity index (χ4n) is 0.721. The van der Waals surface area contributed by atoms with Gasteiger partial charge in [0, 0.05) is 11.4 Å². The van der Waals surface area contributed by atoms with Gasteiger partial charge < -0.3 is 0 Å². The summed E-state index contributed by atoms with van der Waals surface area (Å²) in [5.41, 5.74) is 2.35. The predicted octanol–water partition coefficient (Wildman–Crippen LogP) is 3.17. The highest BCUT2D eigenvalue weighted by atomic mass is 14.7. The minimum absolute atomic E-state index is 1.05. The molecule has 0 unspecified atom stereocenters. The van der Waals surface area contributed by atoms with Crippen LogP contribution in [0.3, 0.4) is 0 Å². The lowest BCUT2D eigenvalue weighted by Gasteiger charge is -1.94. The molecule has 1 heteroatoms. The fourth-order valence-corrected chi connectivity index (χ4v) is 0.721. The largest absolute Gasteiger partial charge is 0.263 e. The van der Waals surface area contributed by atoms with Gasteiger partial charge in [-0.25, -0.2) is 0 Å². The van der Waals surface area contributed by atoms with Crippen molar-refractivity contribution in [3.63, 3.8) is 0 Å². The van der Waals surface area contributed by atoms with Crippen molar-refractivity contribution < 1.29 is 0 Å². The molecule has 0 saturated carbocycles. The molecule has 0 N–H and O–H groups in total. The zero-order valence-electron chi connectivity index (χ0n) is 7.44. The van der Waals surface area contributed by atoms with Crippen LogP contribution in [0, 0.1) is 0 Å². The summed E-state index contributed by atoms with van der Waals surface area (Å²) in [5, 5.41) is 0. The molecule has 0 radical (unpaired) electrons. The monoisotopic (exact) mass is 139 g/mol. The van der Waals surface area contributed by atoms with E-state index in [1.807, 2.05) is 6.92 Å². The van der Waals surface area contributed by atoms with Crippen molar-refractivity contribution in [3.05, 3.63) is 11.8 Å². The highest BCUT2D eigenvalue weighted by Gasteiger charge is 1.85. The maximum atomic E-state index is 4.36. The van der Waals surface area contributed by atoms with Crippen molar-refractivity contribution in [2.75, 3.05) is 0 Å². The molecule has 0 aromatic heterocycles. The van der Waals surface area contributed by atoms with Crippen molar-refractivity contribution in [1.29, 1.82) is 0 Å². The van der Waals surface area contributed by atoms with Gasteiger partial charge in [0.05, 0.1) is 0 Å². The molecule has 58 valence electrons. The predicted molar refractivity (Wildman–Crippen MR) is 47.4 cm³/mol. The molecule has 0 heterocycles. The first kappa shape index (κ1) is 9.41. The summed E-state index contributed by atoms with van der Waals surface area (Å²) in [6.45, 7) is 8.36. The van der Waals surface area contributed by atoms with Gasteiger partial charge in [0.2, 0.25) is 0 Å². The Morgan fingerprint density at radius 2 is 1.90 bits per heavy atom. The highest BCUT2D eigenvalue weighted by Crippen LogP contribution is 1.98. The third kappa shape index (κ3) is 4.30. The topological polar surface area (TPSA) is 12.4 Å². The lowest BCUT2D eigenvalue weighted by atomic mass is 10.3. The van der Waals surface area contributed by atoms with E-state index in [0.717, 1.165) is 18.5 Å². The fraction of sp³-hybridized carbons (Fsp3) is 0.667. The van der Waals surface area contributed by atoms with Crippen LogP contribution in [0.1, 0.15) is 40.5 Å². The Morgan fingerprint density at radius 3 is 2.30 bits per heavy atom. The van der Waals surface area contributed by atoms with Gasteiger partial charge in [-0.15, -0.1) is 0 Å². The molecule has 1 nitrogen and oxygen atoms in total. The van der Waals surface area contributed by atoms with E-state index in [1.54, 1.807) is 0 Å². The quantitative estimate of drug-likeness (QED) is 0.532. The molecule has 0 saturated heterocycles. The smallest absolute Gasteiger partial charge is 0.0332 e. The Labute approximate surface area is 63.9 Å². The van der Waals surface area contributed by atoms with Gasteiger partial charge in [-0.2, -0.15) is 0 Å². The van der Waals surface area contributed by atoms with Gasteiger partial charge in [-0.3, -0.25) is 4.99 Å². The first-order chi connectivity index (χ1) is 4.70. The van der Waals surface area contributed by atoms with Gasteiger partial charge in [0.1, 0.15) is 0 Å². The minimum Gasteiger partial charge on any atom is -0.263 e. The van der Waals surface area contributed by atoms with Crippen molar-refractivity contribution in [2.24, 2.45) is 4.99 Å². The summed E-state index contributed by atoms with van der Waals surface area (Å²) in [7, 11) is 0. The molecule has 0 aromatic carbocycles. The maximum absolute atomic E-state index is 4.36. The second kappa shape index (κ2) is 5.21. The number of hydrogen-bond donors (Lipinski definition) is 0. The molecule has 0 atom stereocenters. The molecular weight excluding hydrogens is 122 g/mol. The molecule has 10 heavy (non-hydrogen) atoms. The van der Waals surface area contributed by atoms with Gasteiger partial charge in [-0.05, 0) is 26.7 Å². The average Bonchev–Trinajstić information content (AvgIpc) is 1.88. The van der Waals surface area contributed by atoms with Crippen LogP contribution in [0.15, 0.2) is 16.8 Å². The van der Waals surface area contributed by atoms with Crippen LogP contribution in [0.2, 0.25) is 0 Å². The number of aliphatic imine (C=N–C) groups is 1. The van der Waals surface area contributed by atoms with Crippen molar-refractivity contribution in [2.45, 2.75) is 40.5 Å². The van der Waals surface area contributed by atoms with Gasteiger partial charge in [-0.1, -0.05) is 19.9 Å². The van der Waals surface area contributed by atoms with Crippen LogP contribution in [-0.2, 0) is 0 Å². The number of hydrogen-bond acceptors (Lipinski definition) is 1. The lowest BCUT2D eigenvalue weighted by molar-refractivity contribution is 1.14. The zero-order chi connectivity index (χ0) is 7.98. The van der Waals surface area contributed by atoms with Crippen LogP contribution < -0.4 is 0 Å². The van der Waals surface area contributed by atoms with Crippen molar-refractivity contribution in [1.82, 2.24) is 0 Å². The van der Waals surface area contributed by atoms with Crippen LogP contribution in [0.25, 0.3) is 0 Å². The summed E-state index contributed by atoms with van der Waals surface area (Å²) in [4.78, 5) is 4.36. The van der Waals surface area contributed by atoms with Crippen molar-refractivity contribution in [3.8, 4) is 0 Å². The van der Waals surface area contributed by atoms with Gasteiger partial charge >= 0.3 is 0 Å². The van der Waals surface area contributed by atoms with Crippen molar-refractivity contribution >= 4 is 5.71 Å². The number of nitrogens with zero attached hydrogens (tertiary/aromatic N) is 1. The third-order valence-electron chi connectivity index (χ3n) is 1.38. The van der Waals surface area contributed by atoms with Crippen LogP contribution in [-0.4, -0.2) is 5.71 Å². The summed E-state index contributed by atoms with van der Waals surface area (Å²) < 4.78 is 0.